The molecule has 0 saturated heterocycles. The fourth-order valence-electron chi connectivity index (χ4n) is 0. The Morgan fingerprint density at radius 2 is 1.25 bits per heavy atom. The summed E-state index contributed by atoms with van der Waals surface area (Å²) >= 11 is 4.50. The first-order valence-corrected chi connectivity index (χ1v) is 6.92. The van der Waals surface area contributed by atoms with Crippen molar-refractivity contribution in [3.8, 4) is 0 Å². The average Bonchev–Trinajstić information content (AvgIpc) is 1.25. The molecule has 0 saturated carbocycles. The highest BCUT2D eigenvalue weighted by molar-refractivity contribution is 7.84. The molecule has 0 aromatic heterocycles. The fourth-order valence-corrected chi connectivity index (χ4v) is 0. The van der Waals surface area contributed by atoms with E-state index >= 15 is 0 Å². The van der Waals surface area contributed by atoms with Crippen LogP contribution in [-0.4, -0.2) is 12.4 Å². The van der Waals surface area contributed by atoms with Crippen molar-refractivity contribution in [2.75, 3.05) is 0 Å². The zero-order valence-corrected chi connectivity index (χ0v) is 8.34. The quantitative estimate of drug-likeness (QED) is 0.429. The van der Waals surface area contributed by atoms with E-state index in [-0.39, 0.29) is 4.37 Å². The van der Waals surface area contributed by atoms with Crippen LogP contribution in [0.5, 0.6) is 0 Å². The van der Waals surface area contributed by atoms with Crippen LogP contribution < -0.4 is 0 Å². The molecule has 0 heterocycles. The second kappa shape index (κ2) is 2.07. The molecule has 0 atom stereocenters. The fraction of sp³-hybridized carbons (Fsp3) is 1.00. The smallest absolute Gasteiger partial charge is 0.0615 e. The van der Waals surface area contributed by atoms with Crippen molar-refractivity contribution in [1.82, 2.24) is 0 Å². The molecule has 0 fully saturated rings. The Morgan fingerprint density at radius 3 is 1.25 bits per heavy atom. The molecule has 0 aromatic rings. The minimum atomic E-state index is -0.995. The third kappa shape index (κ3) is 2.22. The largest absolute Gasteiger partial charge is 0.176 e. The highest BCUT2D eigenvalue weighted by Crippen LogP contribution is 2.25. The van der Waals surface area contributed by atoms with E-state index in [1.165, 1.54) is 0 Å². The summed E-state index contributed by atoms with van der Waals surface area (Å²) in [4.78, 5) is 0. The summed E-state index contributed by atoms with van der Waals surface area (Å²) in [6.07, 6.45) is 0. The van der Waals surface area contributed by atoms with Crippen LogP contribution in [0.1, 0.15) is 13.8 Å². The van der Waals surface area contributed by atoms with Crippen LogP contribution in [-0.2, 0) is 0 Å². The predicted molar refractivity (Wildman–Crippen MR) is 46.4 cm³/mol. The highest BCUT2D eigenvalue weighted by atomic mass is 32.1. The molecule has 0 unspecified atom stereocenters. The SMILES string of the molecule is CC(C)(S)[Si](C)(C)C. The van der Waals surface area contributed by atoms with E-state index in [0.717, 1.165) is 0 Å². The van der Waals surface area contributed by atoms with Crippen LogP contribution in [0.2, 0.25) is 19.6 Å². The van der Waals surface area contributed by atoms with Crippen molar-refractivity contribution in [2.24, 2.45) is 0 Å². The summed E-state index contributed by atoms with van der Waals surface area (Å²) < 4.78 is 0.271. The molecule has 0 aliphatic rings. The van der Waals surface area contributed by atoms with Gasteiger partial charge in [0, 0.05) is 4.37 Å². The Kier molecular flexibility index (Phi) is 2.21. The van der Waals surface area contributed by atoms with Gasteiger partial charge in [-0.05, 0) is 0 Å². The van der Waals surface area contributed by atoms with Crippen molar-refractivity contribution in [2.45, 2.75) is 37.9 Å². The van der Waals surface area contributed by atoms with Gasteiger partial charge in [0.25, 0.3) is 0 Å². The van der Waals surface area contributed by atoms with E-state index in [1.54, 1.807) is 0 Å². The lowest BCUT2D eigenvalue weighted by Gasteiger charge is -2.31. The van der Waals surface area contributed by atoms with Crippen LogP contribution in [0, 0.1) is 0 Å². The maximum atomic E-state index is 4.50. The molecule has 0 aromatic carbocycles. The molecule has 0 amide bonds. The van der Waals surface area contributed by atoms with Gasteiger partial charge in [0.1, 0.15) is 0 Å². The van der Waals surface area contributed by atoms with Crippen molar-refractivity contribution >= 4 is 20.7 Å². The summed E-state index contributed by atoms with van der Waals surface area (Å²) in [5.41, 5.74) is 0. The van der Waals surface area contributed by atoms with Gasteiger partial charge < -0.3 is 0 Å². The molecular formula is C6H16SSi. The van der Waals surface area contributed by atoms with Gasteiger partial charge in [-0.2, -0.15) is 12.6 Å². The Bertz CT molecular complexity index is 63.5. The van der Waals surface area contributed by atoms with Gasteiger partial charge in [0.05, 0.1) is 8.07 Å². The average molecular weight is 148 g/mol. The third-order valence-electron chi connectivity index (χ3n) is 1.84. The Hall–Kier alpha value is 0.567. The number of hydrogen-bond donors (Lipinski definition) is 1. The Labute approximate surface area is 59.1 Å². The van der Waals surface area contributed by atoms with Gasteiger partial charge in [-0.1, -0.05) is 33.5 Å². The summed E-state index contributed by atoms with van der Waals surface area (Å²) in [6, 6.07) is 0. The van der Waals surface area contributed by atoms with E-state index in [2.05, 4.69) is 46.1 Å². The summed E-state index contributed by atoms with van der Waals surface area (Å²) in [7, 11) is -0.995. The monoisotopic (exact) mass is 148 g/mol. The van der Waals surface area contributed by atoms with Crippen LogP contribution in [0.3, 0.4) is 0 Å². The second-order valence-electron chi connectivity index (χ2n) is 3.81. The van der Waals surface area contributed by atoms with Crippen LogP contribution in [0.15, 0.2) is 0 Å². The highest BCUT2D eigenvalue weighted by Gasteiger charge is 2.30. The molecule has 0 radical (unpaired) electrons. The Balaban J connectivity index is 4.02. The lowest BCUT2D eigenvalue weighted by Crippen LogP contribution is -2.42. The Morgan fingerprint density at radius 1 is 1.12 bits per heavy atom. The topological polar surface area (TPSA) is 0 Å². The third-order valence-corrected chi connectivity index (χ3v) is 7.52. The molecule has 0 N–H and O–H groups in total. The van der Waals surface area contributed by atoms with Gasteiger partial charge in [-0.3, -0.25) is 0 Å². The summed E-state index contributed by atoms with van der Waals surface area (Å²) in [6.45, 7) is 11.4. The number of hydrogen-bond acceptors (Lipinski definition) is 1. The molecule has 0 nitrogen and oxygen atoms in total. The van der Waals surface area contributed by atoms with Gasteiger partial charge in [0.2, 0.25) is 0 Å². The number of rotatable bonds is 1. The van der Waals surface area contributed by atoms with E-state index in [1.807, 2.05) is 0 Å². The lowest BCUT2D eigenvalue weighted by molar-refractivity contribution is 0.960. The molecule has 50 valence electrons. The lowest BCUT2D eigenvalue weighted by atomic mass is 10.5. The zero-order chi connectivity index (χ0) is 7.00. The van der Waals surface area contributed by atoms with Crippen LogP contribution >= 0.6 is 12.6 Å². The van der Waals surface area contributed by atoms with Gasteiger partial charge in [-0.25, -0.2) is 0 Å². The van der Waals surface area contributed by atoms with Crippen molar-refractivity contribution in [3.63, 3.8) is 0 Å². The van der Waals surface area contributed by atoms with Crippen molar-refractivity contribution < 1.29 is 0 Å². The maximum absolute atomic E-state index is 4.50. The van der Waals surface area contributed by atoms with Gasteiger partial charge in [0.15, 0.2) is 0 Å². The van der Waals surface area contributed by atoms with Crippen LogP contribution in [0.4, 0.5) is 0 Å². The van der Waals surface area contributed by atoms with Crippen molar-refractivity contribution in [1.29, 1.82) is 0 Å². The molecule has 2 heteroatoms. The molecule has 0 bridgehead atoms. The first-order valence-electron chi connectivity index (χ1n) is 2.97. The first-order chi connectivity index (χ1) is 3.25. The molecule has 8 heavy (non-hydrogen) atoms. The van der Waals surface area contributed by atoms with Gasteiger partial charge >= 0.3 is 0 Å². The molecule has 0 spiro atoms. The molecular weight excluding hydrogens is 132 g/mol. The zero-order valence-electron chi connectivity index (χ0n) is 6.45. The maximum Gasteiger partial charge on any atom is 0.0615 e. The van der Waals surface area contributed by atoms with E-state index in [0.29, 0.717) is 0 Å². The van der Waals surface area contributed by atoms with Crippen molar-refractivity contribution in [3.05, 3.63) is 0 Å². The second-order valence-corrected chi connectivity index (χ2v) is 11.1. The molecule has 0 aliphatic carbocycles. The van der Waals surface area contributed by atoms with Gasteiger partial charge in [-0.15, -0.1) is 0 Å². The first kappa shape index (κ1) is 8.57. The predicted octanol–water partition coefficient (Wildman–Crippen LogP) is 2.57. The molecule has 0 rings (SSSR count). The summed E-state index contributed by atoms with van der Waals surface area (Å²) in [5, 5.41) is 0. The molecule has 0 aliphatic heterocycles. The summed E-state index contributed by atoms with van der Waals surface area (Å²) in [5.74, 6) is 0. The normalized spacial score (nSPS) is 14.2. The van der Waals surface area contributed by atoms with E-state index in [9.17, 15) is 0 Å². The van der Waals surface area contributed by atoms with E-state index in [4.69, 9.17) is 0 Å². The standard InChI is InChI=1S/C6H16SSi/c1-6(2,7)8(3,4)5/h7H,1-5H3. The number of thiol groups is 1. The minimum Gasteiger partial charge on any atom is -0.176 e. The minimum absolute atomic E-state index is 0.271. The van der Waals surface area contributed by atoms with E-state index < -0.39 is 8.07 Å². The van der Waals surface area contributed by atoms with Crippen LogP contribution in [0.25, 0.3) is 0 Å².